The van der Waals surface area contributed by atoms with Crippen LogP contribution in [0.1, 0.15) is 107 Å². The Labute approximate surface area is 283 Å². The number of aliphatic hydroxyl groups excluding tert-OH is 2. The first-order valence-corrected chi connectivity index (χ1v) is 17.1. The van der Waals surface area contributed by atoms with Gasteiger partial charge in [0.05, 0.1) is 18.2 Å². The molecule has 3 N–H and O–H groups in total. The maximum absolute atomic E-state index is 13.6. The van der Waals surface area contributed by atoms with Crippen molar-refractivity contribution in [1.82, 2.24) is 4.90 Å². The van der Waals surface area contributed by atoms with Gasteiger partial charge in [0, 0.05) is 13.0 Å². The number of amides is 1. The van der Waals surface area contributed by atoms with Crippen molar-refractivity contribution in [3.8, 4) is 0 Å². The van der Waals surface area contributed by atoms with Gasteiger partial charge in [0.2, 0.25) is 0 Å². The van der Waals surface area contributed by atoms with Crippen LogP contribution in [0.4, 0.5) is 13.6 Å². The maximum atomic E-state index is 13.6. The molecule has 1 saturated heterocycles. The number of hydrogen-bond donors (Lipinski definition) is 3. The van der Waals surface area contributed by atoms with Crippen LogP contribution >= 0.6 is 0 Å². The van der Waals surface area contributed by atoms with E-state index in [0.717, 1.165) is 56.1 Å². The van der Waals surface area contributed by atoms with Crippen molar-refractivity contribution >= 4 is 12.1 Å². The lowest BCUT2D eigenvalue weighted by atomic mass is 9.92. The van der Waals surface area contributed by atoms with E-state index >= 15 is 0 Å². The molecular weight excluding hydrogens is 616 g/mol. The van der Waals surface area contributed by atoms with Gasteiger partial charge in [-0.2, -0.15) is 0 Å². The fraction of sp³-hybridized carbons (Fsp3) is 0.487. The van der Waals surface area contributed by atoms with E-state index in [1.165, 1.54) is 43.5 Å². The van der Waals surface area contributed by atoms with Crippen LogP contribution in [-0.2, 0) is 16.1 Å². The summed E-state index contributed by atoms with van der Waals surface area (Å²) in [6, 6.07) is 21.4. The van der Waals surface area contributed by atoms with E-state index in [-0.39, 0.29) is 18.5 Å². The molecule has 5 rings (SSSR count). The third-order valence-electron chi connectivity index (χ3n) is 9.05. The van der Waals surface area contributed by atoms with E-state index in [2.05, 4.69) is 13.8 Å². The predicted molar refractivity (Wildman–Crippen MR) is 182 cm³/mol. The molecule has 0 radical (unpaired) electrons. The largest absolute Gasteiger partial charge is 0.481 e. The van der Waals surface area contributed by atoms with Gasteiger partial charge in [-0.1, -0.05) is 94.1 Å². The van der Waals surface area contributed by atoms with Crippen molar-refractivity contribution in [1.29, 1.82) is 0 Å². The standard InChI is InChI=1S/C22H26FNO3.C15H21FO.C2H4O2/c1-2-7-19-12-13-20(21(25)17-10-6-11-18(23)14-17)24(19)22(26)27-15-16-8-4-3-5-9-16;1-2-4-11-7-8-13(9-11)15(17)12-5-3-6-14(16)10-12;1-2(3)4/h3-6,8-11,14,19-21,25H,2,7,12-13,15H2,1H3;3,5-6,10-11,13,15,17H,2,4,7-9H2,1H3;1H3,(H,3,4)/t19-,20-,21-;11-,13+,15-;/m11./s1. The van der Waals surface area contributed by atoms with E-state index < -0.39 is 36.1 Å². The molecule has 3 aromatic rings. The topological polar surface area (TPSA) is 107 Å². The summed E-state index contributed by atoms with van der Waals surface area (Å²) in [5, 5.41) is 28.5. The fourth-order valence-electron chi connectivity index (χ4n) is 6.86. The van der Waals surface area contributed by atoms with E-state index in [0.29, 0.717) is 17.9 Å². The molecule has 0 bridgehead atoms. The molecule has 6 atom stereocenters. The smallest absolute Gasteiger partial charge is 0.410 e. The lowest BCUT2D eigenvalue weighted by Gasteiger charge is -2.32. The summed E-state index contributed by atoms with van der Waals surface area (Å²) in [5.41, 5.74) is 2.13. The third-order valence-corrected chi connectivity index (χ3v) is 9.05. The minimum Gasteiger partial charge on any atom is -0.481 e. The summed E-state index contributed by atoms with van der Waals surface area (Å²) in [5.74, 6) is -0.418. The summed E-state index contributed by atoms with van der Waals surface area (Å²) >= 11 is 0. The number of carboxylic acids is 1. The van der Waals surface area contributed by atoms with Gasteiger partial charge in [-0.25, -0.2) is 13.6 Å². The number of nitrogens with zero attached hydrogens (tertiary/aromatic N) is 1. The normalized spacial score (nSPS) is 21.3. The first kappa shape index (κ1) is 38.6. The number of halogens is 2. The average Bonchev–Trinajstić information content (AvgIpc) is 3.71. The molecule has 262 valence electrons. The highest BCUT2D eigenvalue weighted by atomic mass is 19.1. The van der Waals surface area contributed by atoms with Gasteiger partial charge in [-0.15, -0.1) is 0 Å². The van der Waals surface area contributed by atoms with Crippen molar-refractivity contribution in [3.05, 3.63) is 107 Å². The highest BCUT2D eigenvalue weighted by Crippen LogP contribution is 2.41. The van der Waals surface area contributed by atoms with Crippen molar-refractivity contribution in [2.75, 3.05) is 0 Å². The van der Waals surface area contributed by atoms with Crippen molar-refractivity contribution < 1.29 is 38.4 Å². The zero-order valence-corrected chi connectivity index (χ0v) is 28.3. The molecule has 48 heavy (non-hydrogen) atoms. The zero-order valence-electron chi connectivity index (χ0n) is 28.3. The molecule has 1 heterocycles. The van der Waals surface area contributed by atoms with Gasteiger partial charge in [0.25, 0.3) is 5.97 Å². The summed E-state index contributed by atoms with van der Waals surface area (Å²) in [6.07, 6.45) is 7.27. The van der Waals surface area contributed by atoms with Crippen LogP contribution < -0.4 is 0 Å². The Morgan fingerprint density at radius 2 is 1.40 bits per heavy atom. The zero-order chi connectivity index (χ0) is 35.1. The molecule has 9 heteroatoms. The molecule has 7 nitrogen and oxygen atoms in total. The summed E-state index contributed by atoms with van der Waals surface area (Å²) in [6.45, 7) is 5.55. The van der Waals surface area contributed by atoms with Crippen LogP contribution in [0.5, 0.6) is 0 Å². The maximum Gasteiger partial charge on any atom is 0.410 e. The van der Waals surface area contributed by atoms with Crippen LogP contribution in [0.3, 0.4) is 0 Å². The van der Waals surface area contributed by atoms with E-state index in [4.69, 9.17) is 14.6 Å². The molecule has 1 aliphatic heterocycles. The molecule has 0 unspecified atom stereocenters. The van der Waals surface area contributed by atoms with Crippen LogP contribution in [0.2, 0.25) is 0 Å². The highest BCUT2D eigenvalue weighted by Gasteiger charge is 2.41. The number of carboxylic acid groups (broad SMARTS) is 1. The van der Waals surface area contributed by atoms with Gasteiger partial charge in [-0.3, -0.25) is 9.69 Å². The molecule has 1 aliphatic carbocycles. The summed E-state index contributed by atoms with van der Waals surface area (Å²) < 4.78 is 32.2. The number of rotatable bonds is 10. The Bertz CT molecular complexity index is 1400. The Morgan fingerprint density at radius 1 is 0.812 bits per heavy atom. The Balaban J connectivity index is 0.000000254. The number of aliphatic carboxylic acids is 1. The molecule has 0 aromatic heterocycles. The number of likely N-dealkylation sites (tertiary alicyclic amines) is 1. The van der Waals surface area contributed by atoms with Gasteiger partial charge in [-0.05, 0) is 84.9 Å². The predicted octanol–water partition coefficient (Wildman–Crippen LogP) is 9.00. The number of hydrogen-bond acceptors (Lipinski definition) is 5. The lowest BCUT2D eigenvalue weighted by molar-refractivity contribution is -0.134. The first-order chi connectivity index (χ1) is 23.0. The Morgan fingerprint density at radius 3 is 1.96 bits per heavy atom. The average molecular weight is 668 g/mol. The summed E-state index contributed by atoms with van der Waals surface area (Å²) in [4.78, 5) is 23.5. The van der Waals surface area contributed by atoms with E-state index in [1.54, 1.807) is 23.1 Å². The number of benzene rings is 3. The van der Waals surface area contributed by atoms with Crippen LogP contribution in [0.25, 0.3) is 0 Å². The number of carbonyl (C=O) groups excluding carboxylic acids is 1. The van der Waals surface area contributed by atoms with Crippen LogP contribution in [-0.4, -0.2) is 44.4 Å². The van der Waals surface area contributed by atoms with Crippen LogP contribution in [0, 0.1) is 23.5 Å². The van der Waals surface area contributed by atoms with E-state index in [1.807, 2.05) is 36.4 Å². The molecule has 2 fully saturated rings. The van der Waals surface area contributed by atoms with Crippen LogP contribution in [0.15, 0.2) is 78.9 Å². The summed E-state index contributed by atoms with van der Waals surface area (Å²) in [7, 11) is 0. The molecule has 1 amide bonds. The monoisotopic (exact) mass is 667 g/mol. The second-order valence-electron chi connectivity index (χ2n) is 12.8. The number of ether oxygens (including phenoxy) is 1. The highest BCUT2D eigenvalue weighted by molar-refractivity contribution is 5.69. The quantitative estimate of drug-likeness (QED) is 0.199. The molecule has 2 aliphatic rings. The molecule has 1 saturated carbocycles. The molecule has 3 aromatic carbocycles. The Kier molecular flexibility index (Phi) is 16.0. The SMILES string of the molecule is CC(=O)O.CCC[C@@H]1CC[C@H]([C@H](O)c2cccc(F)c2)C1.CCC[C@@H]1CC[C@H]([C@H](O)c2cccc(F)c2)N1C(=O)OCc1ccccc1. The number of carbonyl (C=O) groups is 2. The van der Waals surface area contributed by atoms with Crippen molar-refractivity contribution in [2.24, 2.45) is 11.8 Å². The molecule has 0 spiro atoms. The van der Waals surface area contributed by atoms with Crippen molar-refractivity contribution in [2.45, 2.75) is 109 Å². The molecular formula is C39H51F2NO6. The minimum atomic E-state index is -0.938. The first-order valence-electron chi connectivity index (χ1n) is 17.1. The number of aliphatic hydroxyl groups is 2. The van der Waals surface area contributed by atoms with Gasteiger partial charge < -0.3 is 20.1 Å². The second-order valence-corrected chi connectivity index (χ2v) is 12.8. The van der Waals surface area contributed by atoms with Gasteiger partial charge >= 0.3 is 6.09 Å². The Hall–Kier alpha value is -3.82. The fourth-order valence-corrected chi connectivity index (χ4v) is 6.86. The van der Waals surface area contributed by atoms with E-state index in [9.17, 15) is 23.8 Å². The lowest BCUT2D eigenvalue weighted by Crippen LogP contribution is -2.44. The van der Waals surface area contributed by atoms with Gasteiger partial charge in [0.1, 0.15) is 18.2 Å². The second kappa shape index (κ2) is 19.9. The van der Waals surface area contributed by atoms with Gasteiger partial charge in [0.15, 0.2) is 0 Å². The minimum absolute atomic E-state index is 0.0338. The third kappa shape index (κ3) is 12.0. The van der Waals surface area contributed by atoms with Crippen molar-refractivity contribution in [3.63, 3.8) is 0 Å².